The lowest BCUT2D eigenvalue weighted by Crippen LogP contribution is -2.47. The van der Waals surface area contributed by atoms with Gasteiger partial charge >= 0.3 is 0 Å². The van der Waals surface area contributed by atoms with Crippen LogP contribution in [0.15, 0.2) is 36.5 Å². The minimum absolute atomic E-state index is 0.122. The predicted octanol–water partition coefficient (Wildman–Crippen LogP) is 1.11. The zero-order valence-corrected chi connectivity index (χ0v) is 15.3. The van der Waals surface area contributed by atoms with Gasteiger partial charge in [0, 0.05) is 45.5 Å². The van der Waals surface area contributed by atoms with Crippen molar-refractivity contribution in [1.82, 2.24) is 20.5 Å². The molecule has 2 aliphatic rings. The molecule has 8 heteroatoms. The van der Waals surface area contributed by atoms with E-state index in [0.29, 0.717) is 12.2 Å². The van der Waals surface area contributed by atoms with Crippen LogP contribution in [0.25, 0.3) is 0 Å². The highest BCUT2D eigenvalue weighted by atomic mass is 16.5. The fourth-order valence-corrected chi connectivity index (χ4v) is 3.42. The van der Waals surface area contributed by atoms with Gasteiger partial charge < -0.3 is 19.9 Å². The second kappa shape index (κ2) is 8.30. The largest absolute Gasteiger partial charge is 0.376 e. The smallest absolute Gasteiger partial charge is 0.271 e. The predicted molar refractivity (Wildman–Crippen MR) is 102 cm³/mol. The van der Waals surface area contributed by atoms with E-state index in [1.54, 1.807) is 6.07 Å². The number of anilines is 2. The number of hydrogen-bond donors (Lipinski definition) is 1. The van der Waals surface area contributed by atoms with Gasteiger partial charge in [-0.2, -0.15) is 0 Å². The second-order valence-electron chi connectivity index (χ2n) is 6.78. The first-order valence-electron chi connectivity index (χ1n) is 9.44. The summed E-state index contributed by atoms with van der Waals surface area (Å²) in [5.41, 5.74) is 0.337. The van der Waals surface area contributed by atoms with Gasteiger partial charge in [0.1, 0.15) is 5.82 Å². The monoisotopic (exact) mass is 368 g/mol. The molecule has 1 unspecified atom stereocenters. The van der Waals surface area contributed by atoms with Crippen LogP contribution >= 0.6 is 0 Å². The third-order valence-corrected chi connectivity index (χ3v) is 4.97. The third kappa shape index (κ3) is 4.33. The van der Waals surface area contributed by atoms with Gasteiger partial charge in [0.05, 0.1) is 6.10 Å². The quantitative estimate of drug-likeness (QED) is 0.846. The van der Waals surface area contributed by atoms with Gasteiger partial charge in [0.25, 0.3) is 5.91 Å². The minimum atomic E-state index is -0.204. The maximum atomic E-state index is 12.2. The van der Waals surface area contributed by atoms with Crippen molar-refractivity contribution in [2.24, 2.45) is 0 Å². The van der Waals surface area contributed by atoms with Crippen LogP contribution in [0.1, 0.15) is 23.3 Å². The summed E-state index contributed by atoms with van der Waals surface area (Å²) < 4.78 is 5.51. The van der Waals surface area contributed by atoms with Crippen LogP contribution in [0, 0.1) is 0 Å². The second-order valence-corrected chi connectivity index (χ2v) is 6.78. The van der Waals surface area contributed by atoms with Crippen LogP contribution in [0.2, 0.25) is 0 Å². The first-order valence-corrected chi connectivity index (χ1v) is 9.44. The lowest BCUT2D eigenvalue weighted by molar-refractivity contribution is 0.0853. The number of nitrogens with one attached hydrogen (secondary N) is 1. The molecule has 0 aliphatic carbocycles. The van der Waals surface area contributed by atoms with Gasteiger partial charge in [0.15, 0.2) is 11.5 Å². The van der Waals surface area contributed by atoms with Crippen LogP contribution in [-0.4, -0.2) is 66.5 Å². The molecule has 2 aromatic rings. The summed E-state index contributed by atoms with van der Waals surface area (Å²) in [4.78, 5) is 21.0. The lowest BCUT2D eigenvalue weighted by Gasteiger charge is -2.35. The summed E-state index contributed by atoms with van der Waals surface area (Å²) in [6.07, 6.45) is 3.99. The maximum absolute atomic E-state index is 12.2. The van der Waals surface area contributed by atoms with E-state index in [1.165, 1.54) is 0 Å². The van der Waals surface area contributed by atoms with Crippen LogP contribution in [0.4, 0.5) is 11.6 Å². The van der Waals surface area contributed by atoms with Crippen LogP contribution < -0.4 is 15.1 Å². The molecule has 1 N–H and O–H groups in total. The summed E-state index contributed by atoms with van der Waals surface area (Å²) in [5, 5.41) is 11.2. The summed E-state index contributed by atoms with van der Waals surface area (Å²) in [6, 6.07) is 9.55. The van der Waals surface area contributed by atoms with Crippen molar-refractivity contribution in [1.29, 1.82) is 0 Å². The number of hydrogen-bond acceptors (Lipinski definition) is 7. The highest BCUT2D eigenvalue weighted by Gasteiger charge is 2.20. The molecule has 0 bridgehead atoms. The standard InChI is InChI=1S/C19H24N6O2/c26-19(21-14-15-4-3-13-27-15)16-6-7-18(23-22-16)25-11-9-24(10-12-25)17-5-1-2-8-20-17/h1-2,5-8,15H,3-4,9-14H2,(H,21,26). The fraction of sp³-hybridized carbons (Fsp3) is 0.474. The van der Waals surface area contributed by atoms with E-state index in [2.05, 4.69) is 30.3 Å². The number of piperazine rings is 1. The molecule has 0 radical (unpaired) electrons. The van der Waals surface area contributed by atoms with Crippen molar-refractivity contribution in [3.63, 3.8) is 0 Å². The molecule has 142 valence electrons. The van der Waals surface area contributed by atoms with Gasteiger partial charge in [-0.05, 0) is 37.1 Å². The average molecular weight is 368 g/mol. The Balaban J connectivity index is 1.29. The van der Waals surface area contributed by atoms with Crippen LogP contribution in [0.5, 0.6) is 0 Å². The van der Waals surface area contributed by atoms with Gasteiger partial charge in [-0.1, -0.05) is 6.07 Å². The van der Waals surface area contributed by atoms with Crippen molar-refractivity contribution in [2.75, 3.05) is 49.1 Å². The minimum Gasteiger partial charge on any atom is -0.376 e. The van der Waals surface area contributed by atoms with Gasteiger partial charge in [-0.15, -0.1) is 10.2 Å². The van der Waals surface area contributed by atoms with Crippen molar-refractivity contribution in [3.8, 4) is 0 Å². The first-order chi connectivity index (χ1) is 13.3. The Hall–Kier alpha value is -2.74. The van der Waals surface area contributed by atoms with Gasteiger partial charge in [0.2, 0.25) is 0 Å². The SMILES string of the molecule is O=C(NCC1CCCO1)c1ccc(N2CCN(c3ccccn3)CC2)nn1. The molecule has 27 heavy (non-hydrogen) atoms. The van der Waals surface area contributed by atoms with Crippen LogP contribution in [0.3, 0.4) is 0 Å². The number of rotatable bonds is 5. The molecule has 2 fully saturated rings. The number of nitrogens with zero attached hydrogens (tertiary/aromatic N) is 5. The molecule has 2 aliphatic heterocycles. The molecule has 4 rings (SSSR count). The molecule has 0 saturated carbocycles. The Morgan fingerprint density at radius 1 is 1.07 bits per heavy atom. The van der Waals surface area contributed by atoms with Crippen molar-refractivity contribution >= 4 is 17.5 Å². The highest BCUT2D eigenvalue weighted by molar-refractivity contribution is 5.92. The number of pyridine rings is 1. The van der Waals surface area contributed by atoms with Crippen molar-refractivity contribution < 1.29 is 9.53 Å². The Morgan fingerprint density at radius 2 is 1.89 bits per heavy atom. The topological polar surface area (TPSA) is 83.5 Å². The molecule has 0 aromatic carbocycles. The summed E-state index contributed by atoms with van der Waals surface area (Å²) in [5.74, 6) is 1.59. The first kappa shape index (κ1) is 17.7. The summed E-state index contributed by atoms with van der Waals surface area (Å²) in [6.45, 7) is 4.75. The van der Waals surface area contributed by atoms with Gasteiger partial charge in [-0.25, -0.2) is 4.98 Å². The van der Waals surface area contributed by atoms with E-state index in [4.69, 9.17) is 4.74 Å². The summed E-state index contributed by atoms with van der Waals surface area (Å²) >= 11 is 0. The lowest BCUT2D eigenvalue weighted by atomic mass is 10.2. The third-order valence-electron chi connectivity index (χ3n) is 4.97. The van der Waals surface area contributed by atoms with E-state index in [9.17, 15) is 4.79 Å². The van der Waals surface area contributed by atoms with E-state index >= 15 is 0 Å². The number of amides is 1. The highest BCUT2D eigenvalue weighted by Crippen LogP contribution is 2.17. The Kier molecular flexibility index (Phi) is 5.43. The fourth-order valence-electron chi connectivity index (χ4n) is 3.42. The number of ether oxygens (including phenoxy) is 1. The van der Waals surface area contributed by atoms with Crippen LogP contribution in [-0.2, 0) is 4.74 Å². The normalized spacial score (nSPS) is 19.9. The zero-order valence-electron chi connectivity index (χ0n) is 15.3. The van der Waals surface area contributed by atoms with Crippen molar-refractivity contribution in [3.05, 3.63) is 42.2 Å². The molecule has 0 spiro atoms. The molecule has 4 heterocycles. The van der Waals surface area contributed by atoms with E-state index in [-0.39, 0.29) is 12.0 Å². The van der Waals surface area contributed by atoms with E-state index in [1.807, 2.05) is 30.5 Å². The summed E-state index contributed by atoms with van der Waals surface area (Å²) in [7, 11) is 0. The van der Waals surface area contributed by atoms with E-state index in [0.717, 1.165) is 57.3 Å². The molecule has 1 amide bonds. The van der Waals surface area contributed by atoms with Crippen molar-refractivity contribution in [2.45, 2.75) is 18.9 Å². The number of aromatic nitrogens is 3. The Bertz CT molecular complexity index is 741. The maximum Gasteiger partial charge on any atom is 0.271 e. The molecule has 1 atom stereocenters. The van der Waals surface area contributed by atoms with E-state index < -0.39 is 0 Å². The zero-order chi connectivity index (χ0) is 18.5. The molecule has 2 saturated heterocycles. The molecule has 8 nitrogen and oxygen atoms in total. The number of carbonyl (C=O) groups is 1. The molecular formula is C19H24N6O2. The Morgan fingerprint density at radius 3 is 2.52 bits per heavy atom. The molecular weight excluding hydrogens is 344 g/mol. The molecule has 2 aromatic heterocycles. The van der Waals surface area contributed by atoms with Gasteiger partial charge in [-0.3, -0.25) is 4.79 Å². The Labute approximate surface area is 158 Å². The average Bonchev–Trinajstić information content (AvgIpc) is 3.27. The number of carbonyl (C=O) groups excluding carboxylic acids is 1.